The lowest BCUT2D eigenvalue weighted by atomic mass is 10.0. The maximum absolute atomic E-state index is 14.4. The van der Waals surface area contributed by atoms with Gasteiger partial charge in [-0.2, -0.15) is 4.31 Å². The van der Waals surface area contributed by atoms with Crippen molar-refractivity contribution < 1.29 is 40.9 Å². The van der Waals surface area contributed by atoms with Gasteiger partial charge >= 0.3 is 0 Å². The van der Waals surface area contributed by atoms with Gasteiger partial charge in [0.15, 0.2) is 0 Å². The number of nitrogens with one attached hydrogen (secondary N) is 1. The number of aliphatic hydroxyl groups is 1. The van der Waals surface area contributed by atoms with Crippen LogP contribution in [-0.4, -0.2) is 95.8 Å². The second-order valence-electron chi connectivity index (χ2n) is 12.5. The molecule has 274 valence electrons. The number of likely N-dealkylation sites (N-methyl/N-ethyl adjacent to an activating group) is 1. The fraction of sp³-hybridized carbons (Fsp3) is 0.457. The molecule has 1 heterocycles. The van der Waals surface area contributed by atoms with Crippen molar-refractivity contribution in [3.8, 4) is 11.5 Å². The zero-order chi connectivity index (χ0) is 36.6. The molecule has 0 aromatic heterocycles. The van der Waals surface area contributed by atoms with Crippen LogP contribution >= 0.6 is 11.6 Å². The lowest BCUT2D eigenvalue weighted by molar-refractivity contribution is -0.00833. The first-order valence-electron chi connectivity index (χ1n) is 16.4. The number of sulfonamides is 2. The molecule has 0 radical (unpaired) electrons. The zero-order valence-corrected chi connectivity index (χ0v) is 31.3. The van der Waals surface area contributed by atoms with Crippen LogP contribution in [-0.2, 0) is 24.8 Å². The van der Waals surface area contributed by atoms with Gasteiger partial charge in [-0.15, -0.1) is 0 Å². The van der Waals surface area contributed by atoms with Gasteiger partial charge < -0.3 is 24.2 Å². The number of hydrogen-bond donors (Lipinski definition) is 2. The highest BCUT2D eigenvalue weighted by Gasteiger charge is 2.32. The minimum absolute atomic E-state index is 0.00690. The third-order valence-electron chi connectivity index (χ3n) is 8.63. The number of aliphatic hydroxyl groups excluding tert-OH is 1. The maximum Gasteiger partial charge on any atom is 0.261 e. The number of benzene rings is 3. The fourth-order valence-electron chi connectivity index (χ4n) is 5.56. The Hall–Kier alpha value is -3.40. The minimum Gasteiger partial charge on any atom is -0.497 e. The SMILES string of the molecule is COc1ccc(S(=O)(=O)N(C)C[C@H]2OCCCC[C@H](C)Oc3ccc(NS(=O)(=O)c4ccc(Cl)cc4)cc3C(=O)N([C@@H](C)CO)C[C@H]2C)cc1. The van der Waals surface area contributed by atoms with Gasteiger partial charge in [-0.1, -0.05) is 18.5 Å². The van der Waals surface area contributed by atoms with E-state index in [9.17, 15) is 26.7 Å². The topological polar surface area (TPSA) is 152 Å². The Kier molecular flexibility index (Phi) is 13.6. The highest BCUT2D eigenvalue weighted by molar-refractivity contribution is 7.92. The highest BCUT2D eigenvalue weighted by Crippen LogP contribution is 2.30. The van der Waals surface area contributed by atoms with E-state index >= 15 is 0 Å². The van der Waals surface area contributed by atoms with Crippen molar-refractivity contribution >= 4 is 43.2 Å². The molecule has 12 nitrogen and oxygen atoms in total. The number of fused-ring (bicyclic) bond motifs is 1. The number of methoxy groups -OCH3 is 1. The maximum atomic E-state index is 14.4. The van der Waals surface area contributed by atoms with Crippen LogP contribution in [0.3, 0.4) is 0 Å². The van der Waals surface area contributed by atoms with Crippen LogP contribution in [0, 0.1) is 5.92 Å². The number of amides is 1. The van der Waals surface area contributed by atoms with Gasteiger partial charge in [0.1, 0.15) is 11.5 Å². The molecule has 0 saturated carbocycles. The van der Waals surface area contributed by atoms with Gasteiger partial charge in [-0.3, -0.25) is 9.52 Å². The van der Waals surface area contributed by atoms with Crippen LogP contribution in [0.25, 0.3) is 0 Å². The number of hydrogen-bond acceptors (Lipinski definition) is 9. The van der Waals surface area contributed by atoms with Gasteiger partial charge in [0, 0.05) is 43.4 Å². The summed E-state index contributed by atoms with van der Waals surface area (Å²) in [5.41, 5.74) is 0.245. The van der Waals surface area contributed by atoms with Gasteiger partial charge in [0.25, 0.3) is 15.9 Å². The molecule has 3 aromatic carbocycles. The monoisotopic (exact) mass is 751 g/mol. The highest BCUT2D eigenvalue weighted by atomic mass is 35.5. The fourth-order valence-corrected chi connectivity index (χ4v) is 7.91. The quantitative estimate of drug-likeness (QED) is 0.283. The molecule has 3 aromatic rings. The molecular weight excluding hydrogens is 706 g/mol. The Morgan fingerprint density at radius 3 is 2.32 bits per heavy atom. The molecular formula is C35H46ClN3O9S2. The van der Waals surface area contributed by atoms with Gasteiger partial charge in [-0.05, 0) is 99.8 Å². The molecule has 0 saturated heterocycles. The molecule has 0 bridgehead atoms. The first-order valence-corrected chi connectivity index (χ1v) is 19.7. The molecule has 4 rings (SSSR count). The summed E-state index contributed by atoms with van der Waals surface area (Å²) in [5.74, 6) is -0.0814. The van der Waals surface area contributed by atoms with E-state index in [0.717, 1.165) is 6.42 Å². The average molecular weight is 752 g/mol. The normalized spacial score (nSPS) is 20.4. The lowest BCUT2D eigenvalue weighted by Crippen LogP contribution is -2.48. The predicted molar refractivity (Wildman–Crippen MR) is 192 cm³/mol. The van der Waals surface area contributed by atoms with E-state index < -0.39 is 38.1 Å². The average Bonchev–Trinajstić information content (AvgIpc) is 3.09. The zero-order valence-electron chi connectivity index (χ0n) is 28.9. The Labute approximate surface area is 300 Å². The van der Waals surface area contributed by atoms with Crippen LogP contribution in [0.5, 0.6) is 11.5 Å². The summed E-state index contributed by atoms with van der Waals surface area (Å²) < 4.78 is 74.9. The smallest absolute Gasteiger partial charge is 0.261 e. The number of nitrogens with zero attached hydrogens (tertiary/aromatic N) is 2. The third kappa shape index (κ3) is 9.89. The van der Waals surface area contributed by atoms with Crippen molar-refractivity contribution in [2.75, 3.05) is 45.2 Å². The van der Waals surface area contributed by atoms with E-state index in [0.29, 0.717) is 30.2 Å². The van der Waals surface area contributed by atoms with Gasteiger partial charge in [0.05, 0.1) is 47.3 Å². The molecule has 4 atom stereocenters. The Balaban J connectivity index is 1.66. The second kappa shape index (κ2) is 17.2. The van der Waals surface area contributed by atoms with Crippen LogP contribution in [0.1, 0.15) is 50.4 Å². The number of halogens is 1. The van der Waals surface area contributed by atoms with E-state index in [4.69, 9.17) is 25.8 Å². The molecule has 1 aliphatic heterocycles. The molecule has 2 N–H and O–H groups in total. The van der Waals surface area contributed by atoms with E-state index in [1.54, 1.807) is 25.1 Å². The van der Waals surface area contributed by atoms with Crippen molar-refractivity contribution in [1.29, 1.82) is 0 Å². The number of anilines is 1. The van der Waals surface area contributed by atoms with E-state index in [2.05, 4.69) is 4.72 Å². The van der Waals surface area contributed by atoms with E-state index in [1.165, 1.54) is 71.9 Å². The standard InChI is InChI=1S/C35H46ClN3O9S2/c1-24-21-39(25(2)23-40)35(41)32-20-28(37-49(42,43)30-14-9-27(36)10-15-30)11-18-33(32)48-26(3)8-6-7-19-47-34(24)22-38(4)50(44,45)31-16-12-29(46-5)13-17-31/h9-18,20,24-26,34,37,40H,6-8,19,21-23H2,1-5H3/t24-,25+,26+,34-/m1/s1. The van der Waals surface area contributed by atoms with Crippen molar-refractivity contribution in [2.24, 2.45) is 5.92 Å². The third-order valence-corrected chi connectivity index (χ3v) is 12.1. The Bertz CT molecular complexity index is 1810. The van der Waals surface area contributed by atoms with Crippen LogP contribution in [0.15, 0.2) is 76.5 Å². The molecule has 0 fully saturated rings. The Morgan fingerprint density at radius 1 is 1.02 bits per heavy atom. The van der Waals surface area contributed by atoms with E-state index in [-0.39, 0.29) is 58.5 Å². The summed E-state index contributed by atoms with van der Waals surface area (Å²) in [6, 6.07) is 15.7. The van der Waals surface area contributed by atoms with Crippen LogP contribution < -0.4 is 14.2 Å². The number of carbonyl (C=O) groups excluding carboxylic acids is 1. The first-order chi connectivity index (χ1) is 23.7. The predicted octanol–water partition coefficient (Wildman–Crippen LogP) is 5.27. The molecule has 0 aliphatic carbocycles. The first kappa shape index (κ1) is 39.4. The van der Waals surface area contributed by atoms with Crippen LogP contribution in [0.4, 0.5) is 5.69 Å². The second-order valence-corrected chi connectivity index (χ2v) is 16.7. The number of carbonyl (C=O) groups is 1. The molecule has 50 heavy (non-hydrogen) atoms. The van der Waals surface area contributed by atoms with Crippen LogP contribution in [0.2, 0.25) is 5.02 Å². The molecule has 1 amide bonds. The largest absolute Gasteiger partial charge is 0.497 e. The summed E-state index contributed by atoms with van der Waals surface area (Å²) >= 11 is 5.94. The molecule has 0 spiro atoms. The molecule has 15 heteroatoms. The minimum atomic E-state index is -4.02. The van der Waals surface area contributed by atoms with Crippen molar-refractivity contribution in [1.82, 2.24) is 9.21 Å². The van der Waals surface area contributed by atoms with Crippen molar-refractivity contribution in [2.45, 2.75) is 68.1 Å². The van der Waals surface area contributed by atoms with Gasteiger partial charge in [-0.25, -0.2) is 16.8 Å². The molecule has 1 aliphatic rings. The summed E-state index contributed by atoms with van der Waals surface area (Å²) in [7, 11) is -4.92. The Morgan fingerprint density at radius 2 is 1.68 bits per heavy atom. The summed E-state index contributed by atoms with van der Waals surface area (Å²) in [4.78, 5) is 16.0. The summed E-state index contributed by atoms with van der Waals surface area (Å²) in [6.07, 6.45) is 1.19. The number of ether oxygens (including phenoxy) is 3. The number of rotatable bonds is 10. The van der Waals surface area contributed by atoms with Crippen molar-refractivity contribution in [3.63, 3.8) is 0 Å². The van der Waals surface area contributed by atoms with E-state index in [1.807, 2.05) is 13.8 Å². The van der Waals surface area contributed by atoms with Crippen molar-refractivity contribution in [3.05, 3.63) is 77.3 Å². The summed E-state index contributed by atoms with van der Waals surface area (Å²) in [5, 5.41) is 10.6. The summed E-state index contributed by atoms with van der Waals surface area (Å²) in [6.45, 7) is 5.57. The molecule has 0 unspecified atom stereocenters. The lowest BCUT2D eigenvalue weighted by Gasteiger charge is -2.35. The van der Waals surface area contributed by atoms with Gasteiger partial charge in [0.2, 0.25) is 10.0 Å².